The molecule has 0 amide bonds. The Hall–Kier alpha value is -0.990. The summed E-state index contributed by atoms with van der Waals surface area (Å²) in [6.45, 7) is 3.21. The van der Waals surface area contributed by atoms with Gasteiger partial charge in [-0.25, -0.2) is 0 Å². The average Bonchev–Trinajstić information content (AvgIpc) is 2.27. The van der Waals surface area contributed by atoms with Crippen molar-refractivity contribution in [3.8, 4) is 5.75 Å². The molecule has 1 aromatic rings. The molecule has 0 bridgehead atoms. The number of aromatic hydroxyl groups is 1. The summed E-state index contributed by atoms with van der Waals surface area (Å²) in [6.07, 6.45) is 0. The lowest BCUT2D eigenvalue weighted by molar-refractivity contribution is -0.139. The van der Waals surface area contributed by atoms with Crippen molar-refractivity contribution in [1.29, 1.82) is 0 Å². The highest BCUT2D eigenvalue weighted by Gasteiger charge is 2.34. The number of rotatable bonds is 5. The van der Waals surface area contributed by atoms with Crippen LogP contribution >= 0.6 is 21.6 Å². The van der Waals surface area contributed by atoms with Gasteiger partial charge in [0.05, 0.1) is 0 Å². The molecular formula is C9H11NO5S2. The first-order valence-corrected chi connectivity index (χ1v) is 6.70. The fraction of sp³-hybridized carbons (Fsp3) is 0.444. The minimum absolute atomic E-state index is 0.0503. The van der Waals surface area contributed by atoms with Crippen LogP contribution < -0.4 is 16.6 Å². The van der Waals surface area contributed by atoms with Crippen LogP contribution in [0.4, 0.5) is 0 Å². The van der Waals surface area contributed by atoms with Gasteiger partial charge in [-0.15, -0.1) is 0 Å². The summed E-state index contributed by atoms with van der Waals surface area (Å²) in [5.41, 5.74) is 3.81. The van der Waals surface area contributed by atoms with Crippen LogP contribution in [0.1, 0.15) is 13.8 Å². The molecule has 0 heterocycles. The third kappa shape index (κ3) is 2.64. The molecule has 0 spiro atoms. The van der Waals surface area contributed by atoms with Crippen LogP contribution in [-0.2, 0) is 4.79 Å². The Kier molecular flexibility index (Phi) is 3.90. The fourth-order valence-electron chi connectivity index (χ4n) is 0.934. The number of carboxylic acids is 1. The first-order valence-electron chi connectivity index (χ1n) is 4.55. The normalized spacial score (nSPS) is 13.8. The van der Waals surface area contributed by atoms with Gasteiger partial charge in [0.25, 0.3) is 5.43 Å². The van der Waals surface area contributed by atoms with Gasteiger partial charge in [-0.05, 0) is 24.6 Å². The second-order valence-corrected chi connectivity index (χ2v) is 6.72. The molecule has 0 saturated heterocycles. The van der Waals surface area contributed by atoms with Gasteiger partial charge in [0.2, 0.25) is 5.43 Å². The van der Waals surface area contributed by atoms with Crippen LogP contribution in [0.3, 0.4) is 0 Å². The van der Waals surface area contributed by atoms with E-state index >= 15 is 0 Å². The fourth-order valence-corrected chi connectivity index (χ4v) is 3.45. The van der Waals surface area contributed by atoms with E-state index in [1.165, 1.54) is 0 Å². The summed E-state index contributed by atoms with van der Waals surface area (Å²) in [7, 11) is 1.90. The third-order valence-corrected chi connectivity index (χ3v) is 5.55. The van der Waals surface area contributed by atoms with E-state index in [0.29, 0.717) is 0 Å². The van der Waals surface area contributed by atoms with Gasteiger partial charge in [0.1, 0.15) is 10.9 Å². The van der Waals surface area contributed by atoms with Crippen molar-refractivity contribution >= 4 is 27.6 Å². The number of nitrogens with two attached hydrogens (primary N) is 1. The molecule has 8 heteroatoms. The number of hydrogen-bond donors (Lipinski definition) is 3. The van der Waals surface area contributed by atoms with Crippen molar-refractivity contribution in [2.45, 2.75) is 29.5 Å². The molecule has 94 valence electrons. The molecule has 4 N–H and O–H groups in total. The summed E-state index contributed by atoms with van der Waals surface area (Å²) in [5.74, 6) is -1.72. The van der Waals surface area contributed by atoms with E-state index in [-0.39, 0.29) is 4.90 Å². The van der Waals surface area contributed by atoms with Gasteiger partial charge in [-0.2, -0.15) is 0 Å². The first kappa shape index (κ1) is 14.1. The Labute approximate surface area is 104 Å². The van der Waals surface area contributed by atoms with Crippen molar-refractivity contribution in [3.05, 3.63) is 20.4 Å². The van der Waals surface area contributed by atoms with Gasteiger partial charge in [0.15, 0.2) is 5.75 Å². The van der Waals surface area contributed by atoms with Crippen LogP contribution in [0.15, 0.2) is 14.5 Å². The zero-order chi connectivity index (χ0) is 13.4. The van der Waals surface area contributed by atoms with E-state index in [4.69, 9.17) is 15.9 Å². The molecule has 1 aromatic carbocycles. The predicted molar refractivity (Wildman–Crippen MR) is 66.2 cm³/mol. The Morgan fingerprint density at radius 1 is 1.35 bits per heavy atom. The second-order valence-electron chi connectivity index (χ2n) is 3.92. The van der Waals surface area contributed by atoms with Crippen molar-refractivity contribution in [2.24, 2.45) is 5.73 Å². The van der Waals surface area contributed by atoms with Gasteiger partial charge >= 0.3 is 5.97 Å². The SMILES string of the molecule is CC(C)(SSc1c(O)c(=O)c1=O)[C@H](N)C(=O)O. The molecule has 1 atom stereocenters. The van der Waals surface area contributed by atoms with Crippen molar-refractivity contribution in [1.82, 2.24) is 0 Å². The average molecular weight is 277 g/mol. The summed E-state index contributed by atoms with van der Waals surface area (Å²) >= 11 is 0. The van der Waals surface area contributed by atoms with Crippen LogP contribution in [0, 0.1) is 0 Å². The number of carboxylic acid groups (broad SMARTS) is 1. The van der Waals surface area contributed by atoms with E-state index in [0.717, 1.165) is 21.6 Å². The van der Waals surface area contributed by atoms with Crippen LogP contribution in [0.25, 0.3) is 0 Å². The zero-order valence-corrected chi connectivity index (χ0v) is 10.7. The molecule has 0 saturated carbocycles. The maximum atomic E-state index is 11.0. The minimum atomic E-state index is -1.16. The Balaban J connectivity index is 2.72. The summed E-state index contributed by atoms with van der Waals surface area (Å²) in [6, 6.07) is -1.12. The van der Waals surface area contributed by atoms with Crippen molar-refractivity contribution in [2.75, 3.05) is 0 Å². The smallest absolute Gasteiger partial charge is 0.321 e. The van der Waals surface area contributed by atoms with E-state index in [1.54, 1.807) is 13.8 Å². The Morgan fingerprint density at radius 3 is 2.29 bits per heavy atom. The lowest BCUT2D eigenvalue weighted by Gasteiger charge is -2.27. The molecule has 0 aliphatic rings. The van der Waals surface area contributed by atoms with Crippen LogP contribution in [0.5, 0.6) is 5.75 Å². The number of hydrogen-bond acceptors (Lipinski definition) is 7. The molecular weight excluding hydrogens is 266 g/mol. The maximum absolute atomic E-state index is 11.0. The van der Waals surface area contributed by atoms with Gasteiger partial charge in [-0.3, -0.25) is 14.4 Å². The third-order valence-electron chi connectivity index (χ3n) is 2.20. The lowest BCUT2D eigenvalue weighted by atomic mass is 10.1. The van der Waals surface area contributed by atoms with Gasteiger partial charge in [0, 0.05) is 4.75 Å². The highest BCUT2D eigenvalue weighted by atomic mass is 33.1. The zero-order valence-electron chi connectivity index (χ0n) is 9.09. The molecule has 1 rings (SSSR count). The first-order chi connectivity index (χ1) is 7.68. The van der Waals surface area contributed by atoms with Gasteiger partial charge in [-0.1, -0.05) is 10.8 Å². The topological polar surface area (TPSA) is 118 Å². The summed E-state index contributed by atoms with van der Waals surface area (Å²) in [5, 5.41) is 17.9. The highest BCUT2D eigenvalue weighted by molar-refractivity contribution is 8.77. The Bertz CT molecular complexity index is 518. The highest BCUT2D eigenvalue weighted by Crippen LogP contribution is 2.43. The van der Waals surface area contributed by atoms with Crippen LogP contribution in [0.2, 0.25) is 0 Å². The van der Waals surface area contributed by atoms with Gasteiger partial charge < -0.3 is 15.9 Å². The second kappa shape index (κ2) is 4.71. The molecule has 0 aliphatic heterocycles. The van der Waals surface area contributed by atoms with Crippen molar-refractivity contribution < 1.29 is 15.0 Å². The number of aliphatic carboxylic acids is 1. The molecule has 0 fully saturated rings. The van der Waals surface area contributed by atoms with Crippen molar-refractivity contribution in [3.63, 3.8) is 0 Å². The molecule has 0 aromatic heterocycles. The standard InChI is InChI=1S/C9H11NO5S2/c1-9(2,7(10)8(14)15)17-16-6-4(12)3(11)5(6)13/h7,12H,10H2,1-2H3,(H,14,15)/t7-/m1/s1. The predicted octanol–water partition coefficient (Wildman–Crippen LogP) is -0.0810. The maximum Gasteiger partial charge on any atom is 0.321 e. The molecule has 17 heavy (non-hydrogen) atoms. The van der Waals surface area contributed by atoms with E-state index < -0.39 is 33.4 Å². The molecule has 6 nitrogen and oxygen atoms in total. The van der Waals surface area contributed by atoms with Crippen LogP contribution in [-0.4, -0.2) is 27.0 Å². The minimum Gasteiger partial charge on any atom is -0.503 e. The molecule has 0 unspecified atom stereocenters. The quantitative estimate of drug-likeness (QED) is 0.505. The van der Waals surface area contributed by atoms with E-state index in [2.05, 4.69) is 0 Å². The molecule has 0 aliphatic carbocycles. The van der Waals surface area contributed by atoms with E-state index in [1.807, 2.05) is 0 Å². The molecule has 0 radical (unpaired) electrons. The Morgan fingerprint density at radius 2 is 1.88 bits per heavy atom. The monoisotopic (exact) mass is 277 g/mol. The lowest BCUT2D eigenvalue weighted by Crippen LogP contribution is -2.46. The van der Waals surface area contributed by atoms with E-state index in [9.17, 15) is 14.4 Å². The largest absolute Gasteiger partial charge is 0.503 e. The number of carbonyl (C=O) groups is 1. The summed E-state index contributed by atoms with van der Waals surface area (Å²) < 4.78 is -0.845. The summed E-state index contributed by atoms with van der Waals surface area (Å²) in [4.78, 5) is 32.5.